The van der Waals surface area contributed by atoms with Gasteiger partial charge >= 0.3 is 0 Å². The van der Waals surface area contributed by atoms with Gasteiger partial charge in [0.05, 0.1) is 13.2 Å². The van der Waals surface area contributed by atoms with Crippen molar-refractivity contribution in [1.82, 2.24) is 14.8 Å². The Labute approximate surface area is 178 Å². The molecule has 1 aliphatic carbocycles. The number of ether oxygens (including phenoxy) is 2. The molecule has 30 heavy (non-hydrogen) atoms. The number of nitrogens with zero attached hydrogens (tertiary/aromatic N) is 3. The van der Waals surface area contributed by atoms with Gasteiger partial charge in [-0.25, -0.2) is 0 Å². The van der Waals surface area contributed by atoms with Gasteiger partial charge in [0.1, 0.15) is 12.2 Å². The molecule has 0 atom stereocenters. The molecule has 5 rings (SSSR count). The second kappa shape index (κ2) is 9.13. The number of pyridine rings is 1. The van der Waals surface area contributed by atoms with Crippen LogP contribution in [0.4, 0.5) is 0 Å². The minimum absolute atomic E-state index is 0.622. The first kappa shape index (κ1) is 19.5. The van der Waals surface area contributed by atoms with E-state index in [-0.39, 0.29) is 0 Å². The van der Waals surface area contributed by atoms with Crippen molar-refractivity contribution in [2.24, 2.45) is 0 Å². The van der Waals surface area contributed by atoms with E-state index in [1.165, 1.54) is 22.1 Å². The van der Waals surface area contributed by atoms with Crippen molar-refractivity contribution in [3.63, 3.8) is 0 Å². The lowest BCUT2D eigenvalue weighted by Gasteiger charge is -2.31. The van der Waals surface area contributed by atoms with Gasteiger partial charge in [-0.1, -0.05) is 42.0 Å². The zero-order chi connectivity index (χ0) is 20.2. The zero-order valence-corrected chi connectivity index (χ0v) is 17.4. The fourth-order valence-corrected chi connectivity index (χ4v) is 4.44. The molecular weight excluding hydrogens is 374 g/mol. The molecule has 3 aliphatic rings. The van der Waals surface area contributed by atoms with Crippen LogP contribution in [0.1, 0.15) is 24.0 Å². The third-order valence-electron chi connectivity index (χ3n) is 6.08. The van der Waals surface area contributed by atoms with E-state index in [2.05, 4.69) is 52.3 Å². The highest BCUT2D eigenvalue weighted by molar-refractivity contribution is 5.89. The average Bonchev–Trinajstić information content (AvgIpc) is 3.07. The maximum atomic E-state index is 6.24. The molecule has 1 aromatic carbocycles. The molecule has 0 N–H and O–H groups in total. The van der Waals surface area contributed by atoms with E-state index in [0.29, 0.717) is 6.73 Å². The van der Waals surface area contributed by atoms with Crippen molar-refractivity contribution in [3.05, 3.63) is 71.5 Å². The van der Waals surface area contributed by atoms with E-state index in [1.807, 2.05) is 12.3 Å². The molecule has 5 nitrogen and oxygen atoms in total. The predicted octanol–water partition coefficient (Wildman–Crippen LogP) is 4.05. The highest BCUT2D eigenvalue weighted by Gasteiger charge is 2.23. The molecule has 0 amide bonds. The molecular formula is C25H29N3O2. The summed E-state index contributed by atoms with van der Waals surface area (Å²) in [7, 11) is 0. The largest absolute Gasteiger partial charge is 0.475 e. The van der Waals surface area contributed by atoms with Gasteiger partial charge in [-0.05, 0) is 30.5 Å². The van der Waals surface area contributed by atoms with Gasteiger partial charge in [0.15, 0.2) is 5.75 Å². The molecule has 0 bridgehead atoms. The van der Waals surface area contributed by atoms with Crippen LogP contribution in [-0.4, -0.2) is 54.4 Å². The fraction of sp³-hybridized carbons (Fsp3) is 0.400. The lowest BCUT2D eigenvalue weighted by atomic mass is 10.0. The van der Waals surface area contributed by atoms with Gasteiger partial charge in [-0.2, -0.15) is 0 Å². The van der Waals surface area contributed by atoms with E-state index in [1.54, 1.807) is 0 Å². The number of allylic oxidation sites excluding steroid dienone is 5. The molecule has 156 valence electrons. The molecule has 0 radical (unpaired) electrons. The molecule has 0 saturated carbocycles. The number of aromatic nitrogens is 1. The lowest BCUT2D eigenvalue weighted by molar-refractivity contribution is 0.0343. The fourth-order valence-electron chi connectivity index (χ4n) is 4.44. The first-order chi connectivity index (χ1) is 14.9. The maximum Gasteiger partial charge on any atom is 0.152 e. The molecule has 1 saturated heterocycles. The number of rotatable bonds is 5. The minimum atomic E-state index is 0.622. The minimum Gasteiger partial charge on any atom is -0.475 e. The van der Waals surface area contributed by atoms with Crippen LogP contribution >= 0.6 is 0 Å². The normalized spacial score (nSPS) is 19.9. The molecule has 0 spiro atoms. The van der Waals surface area contributed by atoms with Gasteiger partial charge < -0.3 is 9.47 Å². The van der Waals surface area contributed by atoms with Crippen molar-refractivity contribution in [2.45, 2.75) is 25.9 Å². The SMILES string of the molecule is C1=CCC=C(CCN2COc3c(cc(CN4CCOCC4)c4cccnc34)C2)C=C1. The summed E-state index contributed by atoms with van der Waals surface area (Å²) in [6, 6.07) is 6.54. The Morgan fingerprint density at radius 1 is 1.10 bits per heavy atom. The Morgan fingerprint density at radius 3 is 2.97 bits per heavy atom. The third-order valence-corrected chi connectivity index (χ3v) is 6.08. The highest BCUT2D eigenvalue weighted by atomic mass is 16.5. The van der Waals surface area contributed by atoms with Crippen LogP contribution in [0.2, 0.25) is 0 Å². The second-order valence-corrected chi connectivity index (χ2v) is 8.19. The van der Waals surface area contributed by atoms with Gasteiger partial charge in [-0.15, -0.1) is 0 Å². The van der Waals surface area contributed by atoms with Crippen molar-refractivity contribution in [3.8, 4) is 5.75 Å². The summed E-state index contributed by atoms with van der Waals surface area (Å²) in [5.41, 5.74) is 4.99. The monoisotopic (exact) mass is 403 g/mol. The molecule has 2 aliphatic heterocycles. The third kappa shape index (κ3) is 4.33. The van der Waals surface area contributed by atoms with Gasteiger partial charge in [0.2, 0.25) is 0 Å². The number of morpholine rings is 1. The number of benzene rings is 1. The Balaban J connectivity index is 1.35. The first-order valence-electron chi connectivity index (χ1n) is 10.9. The number of hydrogen-bond donors (Lipinski definition) is 0. The summed E-state index contributed by atoms with van der Waals surface area (Å²) in [5, 5.41) is 1.21. The van der Waals surface area contributed by atoms with Crippen LogP contribution in [0.15, 0.2) is 60.3 Å². The standard InChI is InChI=1S/C25H29N3O2/c1-2-4-7-20(6-3-1)9-11-28-18-22-16-21(17-27-12-14-29-15-13-27)23-8-5-10-26-24(23)25(22)30-19-28/h1-3,5-8,10,16H,4,9,11-15,17-19H2. The van der Waals surface area contributed by atoms with Crippen LogP contribution in [0.3, 0.4) is 0 Å². The summed E-state index contributed by atoms with van der Waals surface area (Å²) in [6.07, 6.45) is 14.9. The van der Waals surface area contributed by atoms with E-state index < -0.39 is 0 Å². The summed E-state index contributed by atoms with van der Waals surface area (Å²) in [4.78, 5) is 9.55. The predicted molar refractivity (Wildman–Crippen MR) is 119 cm³/mol. The first-order valence-corrected chi connectivity index (χ1v) is 10.9. The number of fused-ring (bicyclic) bond motifs is 3. The van der Waals surface area contributed by atoms with Crippen molar-refractivity contribution < 1.29 is 9.47 Å². The van der Waals surface area contributed by atoms with Crippen LogP contribution in [0.25, 0.3) is 10.9 Å². The summed E-state index contributed by atoms with van der Waals surface area (Å²) >= 11 is 0. The summed E-state index contributed by atoms with van der Waals surface area (Å²) < 4.78 is 11.8. The Morgan fingerprint density at radius 2 is 2.03 bits per heavy atom. The average molecular weight is 404 g/mol. The van der Waals surface area contributed by atoms with E-state index >= 15 is 0 Å². The number of hydrogen-bond acceptors (Lipinski definition) is 5. The van der Waals surface area contributed by atoms with Crippen LogP contribution in [0.5, 0.6) is 5.75 Å². The Kier molecular flexibility index (Phi) is 5.93. The van der Waals surface area contributed by atoms with E-state index in [9.17, 15) is 0 Å². The van der Waals surface area contributed by atoms with Crippen molar-refractivity contribution in [2.75, 3.05) is 39.6 Å². The van der Waals surface area contributed by atoms with Gasteiger partial charge in [0, 0.05) is 49.9 Å². The topological polar surface area (TPSA) is 37.8 Å². The van der Waals surface area contributed by atoms with E-state index in [0.717, 1.165) is 70.0 Å². The summed E-state index contributed by atoms with van der Waals surface area (Å²) in [5.74, 6) is 0.963. The molecule has 1 fully saturated rings. The maximum absolute atomic E-state index is 6.24. The molecule has 5 heteroatoms. The molecule has 0 unspecified atom stereocenters. The Bertz CT molecular complexity index is 989. The van der Waals surface area contributed by atoms with Crippen LogP contribution in [-0.2, 0) is 17.8 Å². The molecule has 1 aromatic heterocycles. The zero-order valence-electron chi connectivity index (χ0n) is 17.4. The molecule has 2 aromatic rings. The van der Waals surface area contributed by atoms with Crippen molar-refractivity contribution >= 4 is 10.9 Å². The van der Waals surface area contributed by atoms with Gasteiger partial charge in [0.25, 0.3) is 0 Å². The Hall–Kier alpha value is -2.47. The quantitative estimate of drug-likeness (QED) is 0.753. The smallest absolute Gasteiger partial charge is 0.152 e. The van der Waals surface area contributed by atoms with Crippen molar-refractivity contribution in [1.29, 1.82) is 0 Å². The molecule has 3 heterocycles. The van der Waals surface area contributed by atoms with Crippen LogP contribution in [0, 0.1) is 0 Å². The summed E-state index contributed by atoms with van der Waals surface area (Å²) in [6.45, 7) is 7.07. The van der Waals surface area contributed by atoms with E-state index in [4.69, 9.17) is 14.5 Å². The highest BCUT2D eigenvalue weighted by Crippen LogP contribution is 2.35. The lowest BCUT2D eigenvalue weighted by Crippen LogP contribution is -2.36. The second-order valence-electron chi connectivity index (χ2n) is 8.19. The van der Waals surface area contributed by atoms with Gasteiger partial charge in [-0.3, -0.25) is 14.8 Å². The van der Waals surface area contributed by atoms with Crippen LogP contribution < -0.4 is 4.74 Å².